The summed E-state index contributed by atoms with van der Waals surface area (Å²) in [6.07, 6.45) is 0.607. The van der Waals surface area contributed by atoms with Gasteiger partial charge in [0.2, 0.25) is 10.0 Å². The fourth-order valence-electron chi connectivity index (χ4n) is 5.23. The van der Waals surface area contributed by atoms with Crippen LogP contribution in [-0.2, 0) is 21.2 Å². The number of ether oxygens (including phenoxy) is 5. The van der Waals surface area contributed by atoms with E-state index in [1.807, 2.05) is 36.4 Å². The first-order valence-corrected chi connectivity index (χ1v) is 14.8. The second-order valence-corrected chi connectivity index (χ2v) is 11.6. The Kier molecular flexibility index (Phi) is 8.67. The van der Waals surface area contributed by atoms with Crippen molar-refractivity contribution in [1.82, 2.24) is 9.21 Å². The first-order chi connectivity index (χ1) is 19.9. The summed E-state index contributed by atoms with van der Waals surface area (Å²) in [5.41, 5.74) is 2.31. The number of sulfonamides is 1. The van der Waals surface area contributed by atoms with Crippen molar-refractivity contribution in [3.8, 4) is 23.0 Å². The predicted octanol–water partition coefficient (Wildman–Crippen LogP) is 3.55. The van der Waals surface area contributed by atoms with E-state index in [0.717, 1.165) is 11.1 Å². The van der Waals surface area contributed by atoms with E-state index in [1.165, 1.54) is 16.4 Å². The van der Waals surface area contributed by atoms with E-state index in [9.17, 15) is 13.2 Å². The number of morpholine rings is 1. The van der Waals surface area contributed by atoms with Gasteiger partial charge >= 0.3 is 0 Å². The van der Waals surface area contributed by atoms with Crippen LogP contribution in [0.25, 0.3) is 0 Å². The molecule has 41 heavy (non-hydrogen) atoms. The van der Waals surface area contributed by atoms with E-state index >= 15 is 0 Å². The van der Waals surface area contributed by atoms with Gasteiger partial charge < -0.3 is 28.6 Å². The van der Waals surface area contributed by atoms with Gasteiger partial charge in [0.15, 0.2) is 23.0 Å². The molecular formula is C30H34N2O8S. The Bertz CT molecular complexity index is 1490. The lowest BCUT2D eigenvalue weighted by molar-refractivity contribution is 0.0587. The average molecular weight is 583 g/mol. The van der Waals surface area contributed by atoms with E-state index in [0.29, 0.717) is 67.8 Å². The molecule has 11 heteroatoms. The van der Waals surface area contributed by atoms with Gasteiger partial charge in [-0.2, -0.15) is 4.31 Å². The molecule has 2 aliphatic rings. The predicted molar refractivity (Wildman–Crippen MR) is 152 cm³/mol. The minimum absolute atomic E-state index is 0.146. The molecule has 0 spiro atoms. The third kappa shape index (κ3) is 5.83. The lowest BCUT2D eigenvalue weighted by Gasteiger charge is -2.37. The van der Waals surface area contributed by atoms with Crippen LogP contribution in [0.4, 0.5) is 0 Å². The molecule has 3 aromatic rings. The Labute approximate surface area is 240 Å². The largest absolute Gasteiger partial charge is 0.493 e. The molecule has 0 N–H and O–H groups in total. The lowest BCUT2D eigenvalue weighted by atomic mass is 9.91. The van der Waals surface area contributed by atoms with Crippen molar-refractivity contribution < 1.29 is 36.9 Å². The van der Waals surface area contributed by atoms with Crippen LogP contribution >= 0.6 is 0 Å². The van der Waals surface area contributed by atoms with E-state index in [-0.39, 0.29) is 17.4 Å². The average Bonchev–Trinajstić information content (AvgIpc) is 3.03. The standard InChI is InChI=1S/C30H34N2O8S/c1-36-26-6-4-5-7-27(26)40-20-25-24-19-29(38-3)28(37-2)18-22(24)12-13-32(25)30(33)21-8-10-23(11-9-21)41(34,35)31-14-16-39-17-15-31/h4-11,18-19,25H,12-17,20H2,1-3H3. The molecule has 1 unspecified atom stereocenters. The molecule has 2 aliphatic heterocycles. The minimum atomic E-state index is -3.67. The zero-order valence-corrected chi connectivity index (χ0v) is 24.2. The summed E-state index contributed by atoms with van der Waals surface area (Å²) in [7, 11) is 1.07. The monoisotopic (exact) mass is 582 g/mol. The molecule has 218 valence electrons. The van der Waals surface area contributed by atoms with E-state index < -0.39 is 16.1 Å². The number of amides is 1. The Hall–Kier alpha value is -3.80. The fourth-order valence-corrected chi connectivity index (χ4v) is 6.64. The van der Waals surface area contributed by atoms with Crippen LogP contribution in [-0.4, -0.2) is 84.3 Å². The van der Waals surface area contributed by atoms with Crippen molar-refractivity contribution >= 4 is 15.9 Å². The molecule has 0 aromatic heterocycles. The maximum atomic E-state index is 13.9. The normalized spacial score (nSPS) is 17.4. The zero-order valence-electron chi connectivity index (χ0n) is 23.4. The molecule has 1 saturated heterocycles. The van der Waals surface area contributed by atoms with Gasteiger partial charge in [0, 0.05) is 25.2 Å². The van der Waals surface area contributed by atoms with E-state index in [4.69, 9.17) is 23.7 Å². The number of rotatable bonds is 9. The molecule has 5 rings (SSSR count). The number of methoxy groups -OCH3 is 3. The smallest absolute Gasteiger partial charge is 0.254 e. The molecule has 1 amide bonds. The molecule has 1 atom stereocenters. The summed E-state index contributed by atoms with van der Waals surface area (Å²) in [5.74, 6) is 2.10. The molecule has 10 nitrogen and oxygen atoms in total. The van der Waals surface area contributed by atoms with Crippen LogP contribution in [0.15, 0.2) is 65.6 Å². The molecule has 1 fully saturated rings. The third-order valence-corrected chi connectivity index (χ3v) is 9.35. The fraction of sp³-hybridized carbons (Fsp3) is 0.367. The van der Waals surface area contributed by atoms with Crippen LogP contribution in [0.5, 0.6) is 23.0 Å². The number of hydrogen-bond donors (Lipinski definition) is 0. The topological polar surface area (TPSA) is 104 Å². The Balaban J connectivity index is 1.45. The minimum Gasteiger partial charge on any atom is -0.493 e. The molecule has 0 bridgehead atoms. The van der Waals surface area contributed by atoms with E-state index in [1.54, 1.807) is 38.4 Å². The summed E-state index contributed by atoms with van der Waals surface area (Å²) in [6.45, 7) is 1.94. The summed E-state index contributed by atoms with van der Waals surface area (Å²) >= 11 is 0. The summed E-state index contributed by atoms with van der Waals surface area (Å²) in [5, 5.41) is 0. The quantitative estimate of drug-likeness (QED) is 0.378. The van der Waals surface area contributed by atoms with Gasteiger partial charge in [-0.25, -0.2) is 8.42 Å². The van der Waals surface area contributed by atoms with Gasteiger partial charge in [-0.1, -0.05) is 12.1 Å². The number of carbonyl (C=O) groups is 1. The van der Waals surface area contributed by atoms with Gasteiger partial charge in [0.1, 0.15) is 6.61 Å². The van der Waals surface area contributed by atoms with Crippen LogP contribution in [0, 0.1) is 0 Å². The Morgan fingerprint density at radius 3 is 2.15 bits per heavy atom. The highest BCUT2D eigenvalue weighted by Crippen LogP contribution is 2.39. The van der Waals surface area contributed by atoms with Crippen LogP contribution < -0.4 is 18.9 Å². The van der Waals surface area contributed by atoms with Crippen molar-refractivity contribution in [2.75, 3.05) is 60.8 Å². The van der Waals surface area contributed by atoms with Crippen LogP contribution in [0.1, 0.15) is 27.5 Å². The molecular weight excluding hydrogens is 548 g/mol. The molecule has 0 saturated carbocycles. The second kappa shape index (κ2) is 12.4. The molecule has 0 aliphatic carbocycles. The highest BCUT2D eigenvalue weighted by atomic mass is 32.2. The zero-order chi connectivity index (χ0) is 29.0. The highest BCUT2D eigenvalue weighted by molar-refractivity contribution is 7.89. The van der Waals surface area contributed by atoms with Crippen molar-refractivity contribution in [2.45, 2.75) is 17.4 Å². The van der Waals surface area contributed by atoms with Crippen molar-refractivity contribution in [3.05, 3.63) is 77.4 Å². The number of carbonyl (C=O) groups excluding carboxylic acids is 1. The second-order valence-electron chi connectivity index (χ2n) is 9.67. The maximum Gasteiger partial charge on any atom is 0.254 e. The highest BCUT2D eigenvalue weighted by Gasteiger charge is 2.34. The molecule has 3 aromatic carbocycles. The molecule has 2 heterocycles. The number of benzene rings is 3. The van der Waals surface area contributed by atoms with Gasteiger partial charge in [0.25, 0.3) is 5.91 Å². The van der Waals surface area contributed by atoms with E-state index in [2.05, 4.69) is 0 Å². The van der Waals surface area contributed by atoms with Crippen molar-refractivity contribution in [1.29, 1.82) is 0 Å². The molecule has 0 radical (unpaired) electrons. The first kappa shape index (κ1) is 28.7. The summed E-state index contributed by atoms with van der Waals surface area (Å²) < 4.78 is 55.6. The maximum absolute atomic E-state index is 13.9. The number of hydrogen-bond acceptors (Lipinski definition) is 8. The van der Waals surface area contributed by atoms with Crippen LogP contribution in [0.3, 0.4) is 0 Å². The Morgan fingerprint density at radius 1 is 0.854 bits per heavy atom. The number of para-hydroxylation sites is 2. The SMILES string of the molecule is COc1cc2c(cc1OC)C(COc1ccccc1OC)N(C(=O)c1ccc(S(=O)(=O)N3CCOCC3)cc1)CC2. The van der Waals surface area contributed by atoms with Gasteiger partial charge in [-0.05, 0) is 66.1 Å². The van der Waals surface area contributed by atoms with Crippen LogP contribution in [0.2, 0.25) is 0 Å². The van der Waals surface area contributed by atoms with Crippen molar-refractivity contribution in [2.24, 2.45) is 0 Å². The number of nitrogens with zero attached hydrogens (tertiary/aromatic N) is 2. The number of fused-ring (bicyclic) bond motifs is 1. The summed E-state index contributed by atoms with van der Waals surface area (Å²) in [4.78, 5) is 15.8. The van der Waals surface area contributed by atoms with Gasteiger partial charge in [-0.15, -0.1) is 0 Å². The third-order valence-electron chi connectivity index (χ3n) is 7.44. The first-order valence-electron chi connectivity index (χ1n) is 13.4. The lowest BCUT2D eigenvalue weighted by Crippen LogP contribution is -2.42. The van der Waals surface area contributed by atoms with Crippen molar-refractivity contribution in [3.63, 3.8) is 0 Å². The van der Waals surface area contributed by atoms with Gasteiger partial charge in [0.05, 0.1) is 45.5 Å². The summed E-state index contributed by atoms with van der Waals surface area (Å²) in [6, 6.07) is 16.8. The van der Waals surface area contributed by atoms with Gasteiger partial charge in [-0.3, -0.25) is 4.79 Å². The Morgan fingerprint density at radius 2 is 1.49 bits per heavy atom.